The van der Waals surface area contributed by atoms with E-state index in [-0.39, 0.29) is 17.8 Å². The van der Waals surface area contributed by atoms with Gasteiger partial charge in [-0.05, 0) is 56.9 Å². The van der Waals surface area contributed by atoms with Crippen LogP contribution in [0.5, 0.6) is 0 Å². The van der Waals surface area contributed by atoms with Gasteiger partial charge in [-0.15, -0.1) is 0 Å². The lowest BCUT2D eigenvalue weighted by atomic mass is 9.97. The van der Waals surface area contributed by atoms with Gasteiger partial charge in [0.25, 0.3) is 5.91 Å². The number of benzene rings is 1. The molecule has 0 atom stereocenters. The molecular weight excluding hydrogens is 332 g/mol. The van der Waals surface area contributed by atoms with Crippen LogP contribution in [0.2, 0.25) is 0 Å². The number of nitrogens with zero attached hydrogens (tertiary/aromatic N) is 1. The van der Waals surface area contributed by atoms with Gasteiger partial charge in [0.2, 0.25) is 5.91 Å². The molecule has 6 nitrogen and oxygen atoms in total. The van der Waals surface area contributed by atoms with Gasteiger partial charge in [0.15, 0.2) is 0 Å². The van der Waals surface area contributed by atoms with Gasteiger partial charge in [0.05, 0.1) is 6.61 Å². The van der Waals surface area contributed by atoms with E-state index in [1.165, 1.54) is 0 Å². The van der Waals surface area contributed by atoms with E-state index in [0.717, 1.165) is 37.9 Å². The van der Waals surface area contributed by atoms with Crippen molar-refractivity contribution < 1.29 is 19.1 Å². The van der Waals surface area contributed by atoms with Gasteiger partial charge in [-0.1, -0.05) is 12.8 Å². The van der Waals surface area contributed by atoms with E-state index in [9.17, 15) is 14.4 Å². The number of ether oxygens (including phenoxy) is 1. The molecule has 1 aliphatic carbocycles. The summed E-state index contributed by atoms with van der Waals surface area (Å²) in [6, 6.07) is 7.01. The number of esters is 1. The van der Waals surface area contributed by atoms with Crippen LogP contribution in [0.4, 0.5) is 5.69 Å². The Kier molecular flexibility index (Phi) is 5.59. The van der Waals surface area contributed by atoms with Crippen molar-refractivity contribution in [1.82, 2.24) is 5.32 Å². The fourth-order valence-corrected chi connectivity index (χ4v) is 3.79. The number of carbonyl (C=O) groups is 3. The average Bonchev–Trinajstić information content (AvgIpc) is 3.12. The second-order valence-electron chi connectivity index (χ2n) is 7.01. The second-order valence-corrected chi connectivity index (χ2v) is 7.01. The van der Waals surface area contributed by atoms with Crippen LogP contribution in [-0.2, 0) is 14.3 Å². The maximum absolute atomic E-state index is 12.7. The zero-order valence-electron chi connectivity index (χ0n) is 15.3. The Hall–Kier alpha value is -2.37. The SMILES string of the molecule is CCOC(=O)C1(NC(=O)c2ccc(N3CCCCC3=O)cc2)CCCC1. The zero-order valence-corrected chi connectivity index (χ0v) is 15.3. The molecule has 140 valence electrons. The molecule has 1 saturated heterocycles. The van der Waals surface area contributed by atoms with Crippen molar-refractivity contribution >= 4 is 23.5 Å². The molecule has 2 aliphatic rings. The minimum atomic E-state index is -0.908. The lowest BCUT2D eigenvalue weighted by Crippen LogP contribution is -2.53. The molecule has 0 aromatic heterocycles. The second kappa shape index (κ2) is 7.89. The Morgan fingerprint density at radius 3 is 2.42 bits per heavy atom. The number of hydrogen-bond donors (Lipinski definition) is 1. The smallest absolute Gasteiger partial charge is 0.331 e. The highest BCUT2D eigenvalue weighted by Gasteiger charge is 2.44. The van der Waals surface area contributed by atoms with Gasteiger partial charge in [-0.25, -0.2) is 4.79 Å². The maximum Gasteiger partial charge on any atom is 0.331 e. The van der Waals surface area contributed by atoms with Gasteiger partial charge in [-0.2, -0.15) is 0 Å². The fraction of sp³-hybridized carbons (Fsp3) is 0.550. The van der Waals surface area contributed by atoms with Crippen molar-refractivity contribution in [2.75, 3.05) is 18.1 Å². The average molecular weight is 358 g/mol. The predicted molar refractivity (Wildman–Crippen MR) is 97.9 cm³/mol. The molecule has 6 heteroatoms. The van der Waals surface area contributed by atoms with E-state index < -0.39 is 5.54 Å². The van der Waals surface area contributed by atoms with Gasteiger partial charge in [0.1, 0.15) is 5.54 Å². The van der Waals surface area contributed by atoms with Crippen LogP contribution in [0.1, 0.15) is 62.2 Å². The summed E-state index contributed by atoms with van der Waals surface area (Å²) in [4.78, 5) is 38.8. The summed E-state index contributed by atoms with van der Waals surface area (Å²) in [6.45, 7) is 2.79. The molecule has 2 amide bonds. The third kappa shape index (κ3) is 3.74. The molecule has 2 fully saturated rings. The Morgan fingerprint density at radius 1 is 1.12 bits per heavy atom. The van der Waals surface area contributed by atoms with Crippen molar-refractivity contribution in [3.63, 3.8) is 0 Å². The highest BCUT2D eigenvalue weighted by atomic mass is 16.5. The number of carbonyl (C=O) groups excluding carboxylic acids is 3. The number of amides is 2. The summed E-state index contributed by atoms with van der Waals surface area (Å²) >= 11 is 0. The third-order valence-electron chi connectivity index (χ3n) is 5.24. The van der Waals surface area contributed by atoms with E-state index in [4.69, 9.17) is 4.74 Å². The monoisotopic (exact) mass is 358 g/mol. The summed E-state index contributed by atoms with van der Waals surface area (Å²) < 4.78 is 5.18. The van der Waals surface area contributed by atoms with Gasteiger partial charge in [0, 0.05) is 24.2 Å². The number of anilines is 1. The first-order chi connectivity index (χ1) is 12.6. The van der Waals surface area contributed by atoms with Gasteiger partial charge in [-0.3, -0.25) is 9.59 Å². The summed E-state index contributed by atoms with van der Waals surface area (Å²) in [5.74, 6) is -0.501. The first-order valence-electron chi connectivity index (χ1n) is 9.46. The minimum absolute atomic E-state index is 0.126. The number of hydrogen-bond acceptors (Lipinski definition) is 4. The summed E-state index contributed by atoms with van der Waals surface area (Å²) in [7, 11) is 0. The molecule has 1 aromatic rings. The Labute approximate surface area is 153 Å². The molecule has 0 radical (unpaired) electrons. The van der Waals surface area contributed by atoms with Crippen LogP contribution < -0.4 is 10.2 Å². The topological polar surface area (TPSA) is 75.7 Å². The van der Waals surface area contributed by atoms with E-state index in [1.54, 1.807) is 36.1 Å². The largest absolute Gasteiger partial charge is 0.464 e. The summed E-state index contributed by atoms with van der Waals surface area (Å²) in [5, 5.41) is 2.91. The first kappa shape index (κ1) is 18.4. The molecule has 1 saturated carbocycles. The highest BCUT2D eigenvalue weighted by molar-refractivity contribution is 5.99. The molecule has 1 heterocycles. The van der Waals surface area contributed by atoms with Crippen molar-refractivity contribution in [2.45, 2.75) is 57.4 Å². The lowest BCUT2D eigenvalue weighted by molar-refractivity contribution is -0.150. The normalized spacial score (nSPS) is 19.3. The molecular formula is C20H26N2O4. The van der Waals surface area contributed by atoms with E-state index in [0.29, 0.717) is 31.4 Å². The predicted octanol–water partition coefficient (Wildman–Crippen LogP) is 2.81. The zero-order chi connectivity index (χ0) is 18.6. The number of piperidine rings is 1. The highest BCUT2D eigenvalue weighted by Crippen LogP contribution is 2.31. The maximum atomic E-state index is 12.7. The van der Waals surface area contributed by atoms with Gasteiger partial charge >= 0.3 is 5.97 Å². The van der Waals surface area contributed by atoms with Crippen molar-refractivity contribution in [1.29, 1.82) is 0 Å². The molecule has 26 heavy (non-hydrogen) atoms. The quantitative estimate of drug-likeness (QED) is 0.821. The molecule has 1 N–H and O–H groups in total. The standard InChI is InChI=1S/C20H26N2O4/c1-2-26-19(25)20(12-4-5-13-20)21-18(24)15-8-10-16(11-9-15)22-14-6-3-7-17(22)23/h8-11H,2-7,12-14H2,1H3,(H,21,24). The van der Waals surface area contributed by atoms with Crippen molar-refractivity contribution in [2.24, 2.45) is 0 Å². The van der Waals surface area contributed by atoms with Crippen LogP contribution >= 0.6 is 0 Å². The Balaban J connectivity index is 1.71. The third-order valence-corrected chi connectivity index (χ3v) is 5.24. The van der Waals surface area contributed by atoms with Crippen molar-refractivity contribution in [3.8, 4) is 0 Å². The summed E-state index contributed by atoms with van der Waals surface area (Å²) in [5.41, 5.74) is 0.384. The van der Waals surface area contributed by atoms with Crippen LogP contribution in [0.3, 0.4) is 0 Å². The van der Waals surface area contributed by atoms with Crippen LogP contribution in [0.15, 0.2) is 24.3 Å². The Morgan fingerprint density at radius 2 is 1.81 bits per heavy atom. The molecule has 0 spiro atoms. The minimum Gasteiger partial charge on any atom is -0.464 e. The molecule has 1 aromatic carbocycles. The van der Waals surface area contributed by atoms with E-state index >= 15 is 0 Å². The lowest BCUT2D eigenvalue weighted by Gasteiger charge is -2.28. The number of nitrogens with one attached hydrogen (secondary N) is 1. The van der Waals surface area contributed by atoms with E-state index in [2.05, 4.69) is 5.32 Å². The van der Waals surface area contributed by atoms with Crippen LogP contribution in [0.25, 0.3) is 0 Å². The van der Waals surface area contributed by atoms with Crippen LogP contribution in [-0.4, -0.2) is 36.5 Å². The number of rotatable bonds is 5. The van der Waals surface area contributed by atoms with E-state index in [1.807, 2.05) is 0 Å². The molecule has 1 aliphatic heterocycles. The fourth-order valence-electron chi connectivity index (χ4n) is 3.79. The molecule has 3 rings (SSSR count). The van der Waals surface area contributed by atoms with Crippen LogP contribution in [0, 0.1) is 0 Å². The molecule has 0 bridgehead atoms. The summed E-state index contributed by atoms with van der Waals surface area (Å²) in [6.07, 6.45) is 5.52. The first-order valence-corrected chi connectivity index (χ1v) is 9.46. The van der Waals surface area contributed by atoms with Crippen molar-refractivity contribution in [3.05, 3.63) is 29.8 Å². The van der Waals surface area contributed by atoms with Gasteiger partial charge < -0.3 is 15.0 Å². The molecule has 0 unspecified atom stereocenters. The Bertz CT molecular complexity index is 678.